The molecule has 5 heteroatoms. The average molecular weight is 232 g/mol. The fourth-order valence-electron chi connectivity index (χ4n) is 1.09. The van der Waals surface area contributed by atoms with Crippen LogP contribution < -0.4 is 10.6 Å². The van der Waals surface area contributed by atoms with E-state index >= 15 is 0 Å². The lowest BCUT2D eigenvalue weighted by molar-refractivity contribution is -0.120. The van der Waals surface area contributed by atoms with Crippen LogP contribution in [0.2, 0.25) is 0 Å². The van der Waals surface area contributed by atoms with Crippen LogP contribution in [0.1, 0.15) is 20.3 Å². The molecule has 1 atom stereocenters. The van der Waals surface area contributed by atoms with Crippen LogP contribution in [0.5, 0.6) is 0 Å². The maximum Gasteiger partial charge on any atom is 0.221 e. The van der Waals surface area contributed by atoms with E-state index in [-0.39, 0.29) is 5.91 Å². The summed E-state index contributed by atoms with van der Waals surface area (Å²) in [7, 11) is 1.61. The van der Waals surface area contributed by atoms with Gasteiger partial charge in [0, 0.05) is 33.2 Å². The van der Waals surface area contributed by atoms with Crippen molar-refractivity contribution in [3.63, 3.8) is 0 Å². The minimum absolute atomic E-state index is 0.00181. The van der Waals surface area contributed by atoms with Gasteiger partial charge in [0.25, 0.3) is 0 Å². The third kappa shape index (κ3) is 9.89. The highest BCUT2D eigenvalue weighted by molar-refractivity contribution is 5.75. The van der Waals surface area contributed by atoms with Gasteiger partial charge in [-0.15, -0.1) is 0 Å². The van der Waals surface area contributed by atoms with E-state index in [0.29, 0.717) is 38.6 Å². The van der Waals surface area contributed by atoms with Crippen molar-refractivity contribution in [1.29, 1.82) is 0 Å². The Hall–Kier alpha value is -0.650. The molecule has 3 N–H and O–H groups in total. The highest BCUT2D eigenvalue weighted by Gasteiger charge is 2.05. The molecule has 0 aromatic heterocycles. The van der Waals surface area contributed by atoms with Gasteiger partial charge < -0.3 is 20.5 Å². The first-order valence-corrected chi connectivity index (χ1v) is 5.73. The summed E-state index contributed by atoms with van der Waals surface area (Å²) in [6.07, 6.45) is -0.0840. The van der Waals surface area contributed by atoms with Gasteiger partial charge >= 0.3 is 0 Å². The Morgan fingerprint density at radius 2 is 2.06 bits per heavy atom. The molecule has 1 unspecified atom stereocenters. The zero-order chi connectivity index (χ0) is 12.4. The molecule has 0 radical (unpaired) electrons. The lowest BCUT2D eigenvalue weighted by atomic mass is 10.2. The van der Waals surface area contributed by atoms with E-state index in [4.69, 9.17) is 4.74 Å². The standard InChI is InChI=1S/C11H24N2O3/c1-9(2)7-16-8-10(14)6-13-5-4-11(15)12-3/h9-10,13-14H,4-8H2,1-3H3,(H,12,15). The van der Waals surface area contributed by atoms with E-state index in [2.05, 4.69) is 24.5 Å². The molecule has 96 valence electrons. The molecule has 16 heavy (non-hydrogen) atoms. The summed E-state index contributed by atoms with van der Waals surface area (Å²) in [5, 5.41) is 15.0. The molecular weight excluding hydrogens is 208 g/mol. The van der Waals surface area contributed by atoms with Gasteiger partial charge in [0.2, 0.25) is 5.91 Å². The summed E-state index contributed by atoms with van der Waals surface area (Å²) >= 11 is 0. The van der Waals surface area contributed by atoms with E-state index in [1.165, 1.54) is 0 Å². The minimum atomic E-state index is -0.511. The molecule has 1 amide bonds. The Kier molecular flexibility index (Phi) is 9.18. The van der Waals surface area contributed by atoms with E-state index < -0.39 is 6.10 Å². The quantitative estimate of drug-likeness (QED) is 0.479. The topological polar surface area (TPSA) is 70.6 Å². The Balaban J connectivity index is 3.30. The zero-order valence-electron chi connectivity index (χ0n) is 10.5. The molecule has 0 aliphatic rings. The van der Waals surface area contributed by atoms with Gasteiger partial charge in [-0.2, -0.15) is 0 Å². The Morgan fingerprint density at radius 3 is 2.62 bits per heavy atom. The van der Waals surface area contributed by atoms with Gasteiger partial charge in [-0.05, 0) is 5.92 Å². The number of carbonyl (C=O) groups excluding carboxylic acids is 1. The maximum atomic E-state index is 10.9. The molecule has 0 spiro atoms. The van der Waals surface area contributed by atoms with Gasteiger partial charge in [0.1, 0.15) is 0 Å². The summed E-state index contributed by atoms with van der Waals surface area (Å²) in [6.45, 7) is 6.15. The van der Waals surface area contributed by atoms with Crippen LogP contribution in [-0.4, -0.2) is 50.5 Å². The zero-order valence-corrected chi connectivity index (χ0v) is 10.5. The predicted octanol–water partition coefficient (Wildman–Crippen LogP) is -0.254. The first kappa shape index (κ1) is 15.3. The number of hydrogen-bond donors (Lipinski definition) is 3. The molecule has 0 heterocycles. The number of aliphatic hydroxyl groups is 1. The Bertz CT molecular complexity index is 186. The second-order valence-electron chi connectivity index (χ2n) is 4.21. The fourth-order valence-corrected chi connectivity index (χ4v) is 1.09. The highest BCUT2D eigenvalue weighted by Crippen LogP contribution is 1.93. The van der Waals surface area contributed by atoms with Crippen molar-refractivity contribution in [2.75, 3.05) is 33.4 Å². The van der Waals surface area contributed by atoms with Gasteiger partial charge in [-0.1, -0.05) is 13.8 Å². The predicted molar refractivity (Wildman–Crippen MR) is 63.2 cm³/mol. The van der Waals surface area contributed by atoms with Crippen molar-refractivity contribution in [3.05, 3.63) is 0 Å². The summed E-state index contributed by atoms with van der Waals surface area (Å²) in [5.74, 6) is 0.478. The summed E-state index contributed by atoms with van der Waals surface area (Å²) in [5.41, 5.74) is 0. The minimum Gasteiger partial charge on any atom is -0.389 e. The van der Waals surface area contributed by atoms with Crippen molar-refractivity contribution >= 4 is 5.91 Å². The molecule has 5 nitrogen and oxygen atoms in total. The van der Waals surface area contributed by atoms with Crippen LogP contribution in [0.3, 0.4) is 0 Å². The first-order valence-electron chi connectivity index (χ1n) is 5.73. The third-order valence-corrected chi connectivity index (χ3v) is 1.95. The second kappa shape index (κ2) is 9.57. The van der Waals surface area contributed by atoms with Gasteiger partial charge in [-0.25, -0.2) is 0 Å². The second-order valence-corrected chi connectivity index (χ2v) is 4.21. The molecule has 0 rings (SSSR count). The van der Waals surface area contributed by atoms with Crippen LogP contribution in [0.15, 0.2) is 0 Å². The third-order valence-electron chi connectivity index (χ3n) is 1.95. The van der Waals surface area contributed by atoms with Crippen molar-refractivity contribution < 1.29 is 14.6 Å². The van der Waals surface area contributed by atoms with E-state index in [1.807, 2.05) is 0 Å². The lowest BCUT2D eigenvalue weighted by Crippen LogP contribution is -2.33. The first-order chi connectivity index (χ1) is 7.56. The van der Waals surface area contributed by atoms with E-state index in [0.717, 1.165) is 0 Å². The Labute approximate surface area is 97.6 Å². The number of hydrogen-bond acceptors (Lipinski definition) is 4. The van der Waals surface area contributed by atoms with Crippen LogP contribution in [0.25, 0.3) is 0 Å². The molecule has 0 aliphatic carbocycles. The van der Waals surface area contributed by atoms with Crippen molar-refractivity contribution in [1.82, 2.24) is 10.6 Å². The summed E-state index contributed by atoms with van der Waals surface area (Å²) < 4.78 is 5.29. The molecule has 0 saturated carbocycles. The lowest BCUT2D eigenvalue weighted by Gasteiger charge is -2.13. The summed E-state index contributed by atoms with van der Waals surface area (Å²) in [4.78, 5) is 10.9. The maximum absolute atomic E-state index is 10.9. The van der Waals surface area contributed by atoms with Gasteiger partial charge in [0.15, 0.2) is 0 Å². The highest BCUT2D eigenvalue weighted by atomic mass is 16.5. The smallest absolute Gasteiger partial charge is 0.221 e. The van der Waals surface area contributed by atoms with Crippen molar-refractivity contribution in [2.24, 2.45) is 5.92 Å². The van der Waals surface area contributed by atoms with Crippen molar-refractivity contribution in [3.8, 4) is 0 Å². The normalized spacial score (nSPS) is 12.8. The number of amides is 1. The monoisotopic (exact) mass is 232 g/mol. The van der Waals surface area contributed by atoms with Crippen LogP contribution >= 0.6 is 0 Å². The van der Waals surface area contributed by atoms with Crippen LogP contribution in [-0.2, 0) is 9.53 Å². The molecule has 0 aromatic carbocycles. The number of carbonyl (C=O) groups is 1. The summed E-state index contributed by atoms with van der Waals surface area (Å²) in [6, 6.07) is 0. The van der Waals surface area contributed by atoms with Crippen LogP contribution in [0, 0.1) is 5.92 Å². The van der Waals surface area contributed by atoms with Gasteiger partial charge in [-0.3, -0.25) is 4.79 Å². The number of rotatable bonds is 9. The SMILES string of the molecule is CNC(=O)CCNCC(O)COCC(C)C. The molecular formula is C11H24N2O3. The molecule has 0 saturated heterocycles. The number of aliphatic hydroxyl groups excluding tert-OH is 1. The number of ether oxygens (including phenoxy) is 1. The largest absolute Gasteiger partial charge is 0.389 e. The van der Waals surface area contributed by atoms with Crippen molar-refractivity contribution in [2.45, 2.75) is 26.4 Å². The average Bonchev–Trinajstić information content (AvgIpc) is 2.23. The molecule has 0 fully saturated rings. The van der Waals surface area contributed by atoms with Crippen LogP contribution in [0.4, 0.5) is 0 Å². The van der Waals surface area contributed by atoms with E-state index in [1.54, 1.807) is 7.05 Å². The number of nitrogens with one attached hydrogen (secondary N) is 2. The molecule has 0 bridgehead atoms. The Morgan fingerprint density at radius 1 is 1.38 bits per heavy atom. The van der Waals surface area contributed by atoms with Gasteiger partial charge in [0.05, 0.1) is 12.7 Å². The van der Waals surface area contributed by atoms with E-state index in [9.17, 15) is 9.90 Å². The molecule has 0 aromatic rings. The fraction of sp³-hybridized carbons (Fsp3) is 0.909. The molecule has 0 aliphatic heterocycles.